The second kappa shape index (κ2) is 7.61. The number of hydrogen-bond donors (Lipinski definition) is 1. The van der Waals surface area contributed by atoms with Crippen LogP contribution in [0.2, 0.25) is 0 Å². The average molecular weight is 360 g/mol. The van der Waals surface area contributed by atoms with Crippen molar-refractivity contribution in [2.45, 2.75) is 12.8 Å². The number of rotatable bonds is 4. The summed E-state index contributed by atoms with van der Waals surface area (Å²) in [5.41, 5.74) is 1.87. The molecule has 2 aromatic rings. The summed E-state index contributed by atoms with van der Waals surface area (Å²) in [4.78, 5) is 26.1. The number of fused-ring (bicyclic) bond motifs is 1. The van der Waals surface area contributed by atoms with Gasteiger partial charge in [-0.1, -0.05) is 6.07 Å². The molecule has 0 saturated carbocycles. The number of amides is 2. The number of anilines is 2. The summed E-state index contributed by atoms with van der Waals surface area (Å²) in [7, 11) is 1.46. The van der Waals surface area contributed by atoms with Gasteiger partial charge in [-0.25, -0.2) is 8.78 Å². The number of benzene rings is 2. The van der Waals surface area contributed by atoms with Gasteiger partial charge in [-0.05, 0) is 42.7 Å². The van der Waals surface area contributed by atoms with E-state index in [0.717, 1.165) is 30.5 Å². The van der Waals surface area contributed by atoms with E-state index in [1.165, 1.54) is 7.11 Å². The summed E-state index contributed by atoms with van der Waals surface area (Å²) < 4.78 is 31.7. The minimum absolute atomic E-state index is 0.0309. The number of halogens is 2. The zero-order valence-electron chi connectivity index (χ0n) is 14.2. The molecule has 136 valence electrons. The quantitative estimate of drug-likeness (QED) is 0.911. The van der Waals surface area contributed by atoms with Crippen LogP contribution in [0.3, 0.4) is 0 Å². The first-order valence-electron chi connectivity index (χ1n) is 8.18. The third-order valence-corrected chi connectivity index (χ3v) is 4.21. The lowest BCUT2D eigenvalue weighted by molar-refractivity contribution is -0.122. The Kier molecular flexibility index (Phi) is 5.27. The van der Waals surface area contributed by atoms with E-state index in [2.05, 4.69) is 5.32 Å². The molecule has 1 aliphatic rings. The predicted octanol–water partition coefficient (Wildman–Crippen LogP) is 3.14. The highest BCUT2D eigenvalue weighted by Crippen LogP contribution is 2.30. The minimum Gasteiger partial charge on any atom is -0.375 e. The lowest BCUT2D eigenvalue weighted by Gasteiger charge is -2.29. The van der Waals surface area contributed by atoms with Gasteiger partial charge in [0.15, 0.2) is 0 Å². The van der Waals surface area contributed by atoms with E-state index in [9.17, 15) is 18.4 Å². The van der Waals surface area contributed by atoms with Crippen molar-refractivity contribution < 1.29 is 23.1 Å². The molecule has 0 saturated heterocycles. The maximum absolute atomic E-state index is 13.8. The van der Waals surface area contributed by atoms with Crippen LogP contribution >= 0.6 is 0 Å². The van der Waals surface area contributed by atoms with Crippen LogP contribution in [0.4, 0.5) is 20.2 Å². The Bertz CT molecular complexity index is 855. The van der Waals surface area contributed by atoms with Gasteiger partial charge in [0.2, 0.25) is 0 Å². The monoisotopic (exact) mass is 360 g/mol. The van der Waals surface area contributed by atoms with Gasteiger partial charge in [0, 0.05) is 31.1 Å². The van der Waals surface area contributed by atoms with Crippen molar-refractivity contribution in [1.29, 1.82) is 0 Å². The number of carbonyl (C=O) groups is 2. The third-order valence-electron chi connectivity index (χ3n) is 4.21. The topological polar surface area (TPSA) is 58.6 Å². The number of hydrogen-bond acceptors (Lipinski definition) is 3. The van der Waals surface area contributed by atoms with Crippen LogP contribution in [-0.2, 0) is 16.0 Å². The highest BCUT2D eigenvalue weighted by Gasteiger charge is 2.23. The minimum atomic E-state index is -0.933. The SMILES string of the molecule is COCC(=O)N1CCCc2ccc(NC(=O)c3ccc(F)cc3F)cc21. The fourth-order valence-corrected chi connectivity index (χ4v) is 2.98. The van der Waals surface area contributed by atoms with E-state index in [1.54, 1.807) is 17.0 Å². The molecule has 0 aromatic heterocycles. The molecule has 2 aromatic carbocycles. The maximum Gasteiger partial charge on any atom is 0.258 e. The van der Waals surface area contributed by atoms with Crippen LogP contribution < -0.4 is 10.2 Å². The molecule has 0 bridgehead atoms. The van der Waals surface area contributed by atoms with Crippen LogP contribution in [-0.4, -0.2) is 32.1 Å². The van der Waals surface area contributed by atoms with Gasteiger partial charge in [0.05, 0.1) is 5.56 Å². The van der Waals surface area contributed by atoms with Crippen molar-refractivity contribution in [2.24, 2.45) is 0 Å². The second-order valence-electron chi connectivity index (χ2n) is 6.00. The Morgan fingerprint density at radius 2 is 2.00 bits per heavy atom. The van der Waals surface area contributed by atoms with E-state index >= 15 is 0 Å². The molecule has 0 aliphatic carbocycles. The summed E-state index contributed by atoms with van der Waals surface area (Å²) in [6, 6.07) is 7.98. The molecule has 1 aliphatic heterocycles. The van der Waals surface area contributed by atoms with Crippen LogP contribution in [0, 0.1) is 11.6 Å². The molecule has 0 radical (unpaired) electrons. The van der Waals surface area contributed by atoms with E-state index in [-0.39, 0.29) is 18.1 Å². The molecule has 26 heavy (non-hydrogen) atoms. The van der Waals surface area contributed by atoms with E-state index in [0.29, 0.717) is 24.0 Å². The molecular formula is C19H18F2N2O3. The molecule has 5 nitrogen and oxygen atoms in total. The smallest absolute Gasteiger partial charge is 0.258 e. The Balaban J connectivity index is 1.84. The standard InChI is InChI=1S/C19H18F2N2O3/c1-26-11-18(24)23-8-2-3-12-4-6-14(10-17(12)23)22-19(25)15-7-5-13(20)9-16(15)21/h4-7,9-10H,2-3,8,11H2,1H3,(H,22,25). The van der Waals surface area contributed by atoms with Gasteiger partial charge in [-0.15, -0.1) is 0 Å². The Morgan fingerprint density at radius 1 is 1.19 bits per heavy atom. The number of nitrogens with one attached hydrogen (secondary N) is 1. The Hall–Kier alpha value is -2.80. The molecule has 0 fully saturated rings. The lowest BCUT2D eigenvalue weighted by Crippen LogP contribution is -2.37. The van der Waals surface area contributed by atoms with Gasteiger partial charge in [0.1, 0.15) is 18.2 Å². The molecule has 2 amide bonds. The zero-order valence-corrected chi connectivity index (χ0v) is 14.2. The molecule has 3 rings (SSSR count). The molecular weight excluding hydrogens is 342 g/mol. The van der Waals surface area contributed by atoms with Crippen molar-refractivity contribution in [3.05, 3.63) is 59.2 Å². The highest BCUT2D eigenvalue weighted by atomic mass is 19.1. The molecule has 7 heteroatoms. The van der Waals surface area contributed by atoms with E-state index < -0.39 is 17.5 Å². The summed E-state index contributed by atoms with van der Waals surface area (Å²) in [6.07, 6.45) is 1.67. The molecule has 1 N–H and O–H groups in total. The molecule has 0 spiro atoms. The highest BCUT2D eigenvalue weighted by molar-refractivity contribution is 6.05. The van der Waals surface area contributed by atoms with Gasteiger partial charge in [0.25, 0.3) is 11.8 Å². The number of ether oxygens (including phenoxy) is 1. The fourth-order valence-electron chi connectivity index (χ4n) is 2.98. The summed E-state index contributed by atoms with van der Waals surface area (Å²) in [5.74, 6) is -2.54. The average Bonchev–Trinajstić information content (AvgIpc) is 2.61. The summed E-state index contributed by atoms with van der Waals surface area (Å²) >= 11 is 0. The molecule has 0 unspecified atom stereocenters. The lowest BCUT2D eigenvalue weighted by atomic mass is 10.0. The zero-order chi connectivity index (χ0) is 18.7. The van der Waals surface area contributed by atoms with Crippen molar-refractivity contribution in [3.63, 3.8) is 0 Å². The van der Waals surface area contributed by atoms with Gasteiger partial charge in [-0.2, -0.15) is 0 Å². The van der Waals surface area contributed by atoms with Crippen molar-refractivity contribution in [3.8, 4) is 0 Å². The van der Waals surface area contributed by atoms with Crippen molar-refractivity contribution in [2.75, 3.05) is 30.5 Å². The molecule has 0 atom stereocenters. The predicted molar refractivity (Wildman–Crippen MR) is 93.3 cm³/mol. The fraction of sp³-hybridized carbons (Fsp3) is 0.263. The third kappa shape index (κ3) is 3.72. The van der Waals surface area contributed by atoms with Gasteiger partial charge in [-0.3, -0.25) is 9.59 Å². The largest absolute Gasteiger partial charge is 0.375 e. The van der Waals surface area contributed by atoms with Crippen LogP contribution in [0.1, 0.15) is 22.3 Å². The van der Waals surface area contributed by atoms with Crippen LogP contribution in [0.15, 0.2) is 36.4 Å². The summed E-state index contributed by atoms with van der Waals surface area (Å²) in [5, 5.41) is 2.59. The summed E-state index contributed by atoms with van der Waals surface area (Å²) in [6.45, 7) is 0.538. The Labute approximate surface area is 149 Å². The number of aryl methyl sites for hydroxylation is 1. The second-order valence-corrected chi connectivity index (χ2v) is 6.00. The van der Waals surface area contributed by atoms with Crippen LogP contribution in [0.5, 0.6) is 0 Å². The van der Waals surface area contributed by atoms with Gasteiger partial charge >= 0.3 is 0 Å². The molecule has 1 heterocycles. The van der Waals surface area contributed by atoms with Gasteiger partial charge < -0.3 is 15.0 Å². The maximum atomic E-state index is 13.8. The van der Waals surface area contributed by atoms with Crippen molar-refractivity contribution >= 4 is 23.2 Å². The van der Waals surface area contributed by atoms with Crippen LogP contribution in [0.25, 0.3) is 0 Å². The Morgan fingerprint density at radius 3 is 2.73 bits per heavy atom. The first kappa shape index (κ1) is 18.0. The number of methoxy groups -OCH3 is 1. The number of nitrogens with zero attached hydrogens (tertiary/aromatic N) is 1. The number of carbonyl (C=O) groups excluding carboxylic acids is 2. The first-order valence-corrected chi connectivity index (χ1v) is 8.18. The normalized spacial score (nSPS) is 13.3. The van der Waals surface area contributed by atoms with Crippen molar-refractivity contribution in [1.82, 2.24) is 0 Å². The van der Waals surface area contributed by atoms with E-state index in [4.69, 9.17) is 4.74 Å². The van der Waals surface area contributed by atoms with E-state index in [1.807, 2.05) is 6.07 Å². The first-order chi connectivity index (χ1) is 12.5.